The molecule has 0 aliphatic heterocycles. The third kappa shape index (κ3) is 6.13. The summed E-state index contributed by atoms with van der Waals surface area (Å²) in [5, 5.41) is 15.2. The second-order valence-electron chi connectivity index (χ2n) is 3.59. The van der Waals surface area contributed by atoms with Crippen molar-refractivity contribution < 1.29 is 13.9 Å². The molecule has 0 bridgehead atoms. The van der Waals surface area contributed by atoms with Crippen molar-refractivity contribution in [1.29, 1.82) is 0 Å². The number of hydrogen-bond acceptors (Lipinski definition) is 3. The number of thioether (sulfide) groups is 1. The molecule has 0 fully saturated rings. The third-order valence-corrected chi connectivity index (χ3v) is 2.86. The first-order valence-corrected chi connectivity index (χ1v) is 6.54. The zero-order chi connectivity index (χ0) is 13.5. The second-order valence-corrected chi connectivity index (χ2v) is 5.06. The maximum atomic E-state index is 12.1. The molecule has 0 heterocycles. The SMILES string of the molecule is C[C@@H](O)CNC(=S)Nc1ccc(SC(F)F)cc1. The van der Waals surface area contributed by atoms with Gasteiger partial charge in [0, 0.05) is 17.1 Å². The summed E-state index contributed by atoms with van der Waals surface area (Å²) in [4.78, 5) is 0.499. The van der Waals surface area contributed by atoms with E-state index in [0.717, 1.165) is 0 Å². The molecule has 100 valence electrons. The van der Waals surface area contributed by atoms with Gasteiger partial charge in [0.15, 0.2) is 5.11 Å². The number of halogens is 2. The Bertz CT molecular complexity index is 385. The van der Waals surface area contributed by atoms with Gasteiger partial charge in [-0.15, -0.1) is 0 Å². The van der Waals surface area contributed by atoms with Crippen LogP contribution in [0.15, 0.2) is 29.2 Å². The average Bonchev–Trinajstić information content (AvgIpc) is 2.28. The lowest BCUT2D eigenvalue weighted by Crippen LogP contribution is -2.33. The van der Waals surface area contributed by atoms with E-state index in [1.807, 2.05) is 0 Å². The fraction of sp³-hybridized carbons (Fsp3) is 0.364. The summed E-state index contributed by atoms with van der Waals surface area (Å²) in [6, 6.07) is 6.52. The van der Waals surface area contributed by atoms with Crippen molar-refractivity contribution >= 4 is 34.8 Å². The van der Waals surface area contributed by atoms with Gasteiger partial charge in [-0.1, -0.05) is 11.8 Å². The zero-order valence-corrected chi connectivity index (χ0v) is 11.3. The summed E-state index contributed by atoms with van der Waals surface area (Å²) in [6.45, 7) is 2.00. The Morgan fingerprint density at radius 1 is 1.39 bits per heavy atom. The van der Waals surface area contributed by atoms with Crippen LogP contribution in [0.5, 0.6) is 0 Å². The van der Waals surface area contributed by atoms with Crippen LogP contribution in [0.3, 0.4) is 0 Å². The molecule has 3 nitrogen and oxygen atoms in total. The lowest BCUT2D eigenvalue weighted by Gasteiger charge is -2.12. The standard InChI is InChI=1S/C11H14F2N2OS2/c1-7(16)6-14-11(17)15-8-2-4-9(5-3-8)18-10(12)13/h2-5,7,10,16H,6H2,1H3,(H2,14,15,17)/t7-/m1/s1. The molecule has 1 aromatic carbocycles. The first-order chi connectivity index (χ1) is 8.47. The molecule has 0 spiro atoms. The van der Waals surface area contributed by atoms with Crippen molar-refractivity contribution in [2.24, 2.45) is 0 Å². The van der Waals surface area contributed by atoms with E-state index >= 15 is 0 Å². The van der Waals surface area contributed by atoms with Crippen LogP contribution in [0.1, 0.15) is 6.92 Å². The maximum absolute atomic E-state index is 12.1. The van der Waals surface area contributed by atoms with Crippen molar-refractivity contribution in [3.8, 4) is 0 Å². The number of hydrogen-bond donors (Lipinski definition) is 3. The highest BCUT2D eigenvalue weighted by Gasteiger charge is 2.05. The molecule has 0 saturated heterocycles. The van der Waals surface area contributed by atoms with E-state index in [1.165, 1.54) is 0 Å². The molecule has 0 radical (unpaired) electrons. The molecule has 0 amide bonds. The molecule has 7 heteroatoms. The molecule has 0 aromatic heterocycles. The number of aliphatic hydroxyl groups is 1. The molecule has 1 aromatic rings. The molecule has 1 rings (SSSR count). The van der Waals surface area contributed by atoms with Gasteiger partial charge in [-0.05, 0) is 43.4 Å². The smallest absolute Gasteiger partial charge is 0.288 e. The minimum absolute atomic E-state index is 0.352. The molecule has 0 saturated carbocycles. The number of anilines is 1. The van der Waals surface area contributed by atoms with Crippen molar-refractivity contribution in [1.82, 2.24) is 5.32 Å². The van der Waals surface area contributed by atoms with Crippen LogP contribution >= 0.6 is 24.0 Å². The Hall–Kier alpha value is -0.920. The number of thiocarbonyl (C=S) groups is 1. The fourth-order valence-electron chi connectivity index (χ4n) is 1.14. The van der Waals surface area contributed by atoms with Gasteiger partial charge in [0.1, 0.15) is 0 Å². The maximum Gasteiger partial charge on any atom is 0.288 e. The normalized spacial score (nSPS) is 12.3. The van der Waals surface area contributed by atoms with Crippen LogP contribution in [0.4, 0.5) is 14.5 Å². The van der Waals surface area contributed by atoms with E-state index in [9.17, 15) is 8.78 Å². The van der Waals surface area contributed by atoms with Gasteiger partial charge in [-0.3, -0.25) is 0 Å². The van der Waals surface area contributed by atoms with Gasteiger partial charge in [0.25, 0.3) is 5.76 Å². The second kappa shape index (κ2) is 7.50. The van der Waals surface area contributed by atoms with E-state index in [2.05, 4.69) is 10.6 Å². The predicted octanol–water partition coefficient (Wildman–Crippen LogP) is 2.67. The Morgan fingerprint density at radius 3 is 2.50 bits per heavy atom. The molecular weight excluding hydrogens is 278 g/mol. The van der Waals surface area contributed by atoms with Gasteiger partial charge < -0.3 is 15.7 Å². The summed E-state index contributed by atoms with van der Waals surface area (Å²) in [7, 11) is 0. The topological polar surface area (TPSA) is 44.3 Å². The minimum atomic E-state index is -2.42. The van der Waals surface area contributed by atoms with E-state index in [0.29, 0.717) is 34.0 Å². The summed E-state index contributed by atoms with van der Waals surface area (Å²) >= 11 is 5.50. The van der Waals surface area contributed by atoms with Crippen LogP contribution in [-0.4, -0.2) is 28.6 Å². The molecule has 0 aliphatic rings. The van der Waals surface area contributed by atoms with Crippen LogP contribution in [0.25, 0.3) is 0 Å². The molecule has 0 unspecified atom stereocenters. The Morgan fingerprint density at radius 2 is 2.00 bits per heavy atom. The molecular formula is C11H14F2N2OS2. The van der Waals surface area contributed by atoms with Gasteiger partial charge in [-0.25, -0.2) is 0 Å². The summed E-state index contributed by atoms with van der Waals surface area (Å²) in [6.07, 6.45) is -0.491. The number of alkyl halides is 2. The fourth-order valence-corrected chi connectivity index (χ4v) is 1.84. The monoisotopic (exact) mass is 292 g/mol. The first kappa shape index (κ1) is 15.1. The quantitative estimate of drug-likeness (QED) is 0.575. The Balaban J connectivity index is 2.45. The highest BCUT2D eigenvalue weighted by atomic mass is 32.2. The van der Waals surface area contributed by atoms with Crippen LogP contribution in [0.2, 0.25) is 0 Å². The zero-order valence-electron chi connectivity index (χ0n) is 9.69. The molecule has 18 heavy (non-hydrogen) atoms. The third-order valence-electron chi connectivity index (χ3n) is 1.90. The summed E-state index contributed by atoms with van der Waals surface area (Å²) in [5.74, 6) is -2.42. The minimum Gasteiger partial charge on any atom is -0.392 e. The van der Waals surface area contributed by atoms with Gasteiger partial charge in [-0.2, -0.15) is 8.78 Å². The van der Waals surface area contributed by atoms with Crippen molar-refractivity contribution in [3.05, 3.63) is 24.3 Å². The summed E-state index contributed by atoms with van der Waals surface area (Å²) in [5.41, 5.74) is 0.705. The van der Waals surface area contributed by atoms with E-state index in [-0.39, 0.29) is 0 Å². The van der Waals surface area contributed by atoms with E-state index in [4.69, 9.17) is 17.3 Å². The summed E-state index contributed by atoms with van der Waals surface area (Å²) < 4.78 is 24.2. The highest BCUT2D eigenvalue weighted by molar-refractivity contribution is 7.99. The number of nitrogens with one attached hydrogen (secondary N) is 2. The van der Waals surface area contributed by atoms with Gasteiger partial charge in [0.2, 0.25) is 0 Å². The number of aliphatic hydroxyl groups excluding tert-OH is 1. The van der Waals surface area contributed by atoms with Crippen LogP contribution in [-0.2, 0) is 0 Å². The predicted molar refractivity (Wildman–Crippen MR) is 74.2 cm³/mol. The Kier molecular flexibility index (Phi) is 6.31. The van der Waals surface area contributed by atoms with Gasteiger partial charge >= 0.3 is 0 Å². The largest absolute Gasteiger partial charge is 0.392 e. The van der Waals surface area contributed by atoms with E-state index in [1.54, 1.807) is 31.2 Å². The van der Waals surface area contributed by atoms with Crippen molar-refractivity contribution in [2.75, 3.05) is 11.9 Å². The average molecular weight is 292 g/mol. The first-order valence-electron chi connectivity index (χ1n) is 5.25. The molecule has 1 atom stereocenters. The molecule has 0 aliphatic carbocycles. The highest BCUT2D eigenvalue weighted by Crippen LogP contribution is 2.26. The molecule has 3 N–H and O–H groups in total. The number of rotatable bonds is 5. The van der Waals surface area contributed by atoms with Crippen LogP contribution in [0, 0.1) is 0 Å². The van der Waals surface area contributed by atoms with E-state index < -0.39 is 11.9 Å². The lowest BCUT2D eigenvalue weighted by atomic mass is 10.3. The van der Waals surface area contributed by atoms with Gasteiger partial charge in [0.05, 0.1) is 6.10 Å². The van der Waals surface area contributed by atoms with Crippen LogP contribution < -0.4 is 10.6 Å². The number of benzene rings is 1. The van der Waals surface area contributed by atoms with Crippen molar-refractivity contribution in [2.45, 2.75) is 23.7 Å². The van der Waals surface area contributed by atoms with Crippen molar-refractivity contribution in [3.63, 3.8) is 0 Å². The lowest BCUT2D eigenvalue weighted by molar-refractivity contribution is 0.198. The Labute approximate surface area is 114 Å².